The summed E-state index contributed by atoms with van der Waals surface area (Å²) in [6.07, 6.45) is 1.86. The lowest BCUT2D eigenvalue weighted by Crippen LogP contribution is -2.45. The summed E-state index contributed by atoms with van der Waals surface area (Å²) < 4.78 is 0. The number of aliphatic carboxylic acids is 1. The van der Waals surface area contributed by atoms with Crippen LogP contribution in [0.5, 0.6) is 0 Å². The zero-order valence-electron chi connectivity index (χ0n) is 8.11. The van der Waals surface area contributed by atoms with Crippen molar-refractivity contribution >= 4 is 11.9 Å². The Labute approximate surface area is 82.9 Å². The maximum Gasteiger partial charge on any atom is 0.303 e. The number of piperidine rings is 1. The molecule has 0 saturated carbocycles. The summed E-state index contributed by atoms with van der Waals surface area (Å²) in [6.45, 7) is 1.28. The predicted octanol–water partition coefficient (Wildman–Crippen LogP) is -0.199. The number of carbonyl (C=O) groups excluding carboxylic acids is 1. The molecule has 0 bridgehead atoms. The number of nitrogens with two attached hydrogens (primary N) is 1. The van der Waals surface area contributed by atoms with Crippen LogP contribution in [-0.2, 0) is 9.59 Å². The third-order valence-corrected chi connectivity index (χ3v) is 2.36. The van der Waals surface area contributed by atoms with Gasteiger partial charge in [-0.3, -0.25) is 9.59 Å². The van der Waals surface area contributed by atoms with Gasteiger partial charge in [-0.1, -0.05) is 0 Å². The van der Waals surface area contributed by atoms with Gasteiger partial charge in [-0.05, 0) is 12.8 Å². The van der Waals surface area contributed by atoms with Gasteiger partial charge < -0.3 is 15.7 Å². The number of nitrogens with zero attached hydrogens (tertiary/aromatic N) is 1. The highest BCUT2D eigenvalue weighted by Gasteiger charge is 2.21. The zero-order valence-corrected chi connectivity index (χ0v) is 8.11. The molecule has 0 spiro atoms. The number of carbonyl (C=O) groups is 2. The Morgan fingerprint density at radius 3 is 2.71 bits per heavy atom. The van der Waals surface area contributed by atoms with Crippen molar-refractivity contribution in [3.8, 4) is 0 Å². The van der Waals surface area contributed by atoms with Gasteiger partial charge in [0.1, 0.15) is 0 Å². The van der Waals surface area contributed by atoms with E-state index in [9.17, 15) is 9.59 Å². The zero-order chi connectivity index (χ0) is 10.6. The fourth-order valence-electron chi connectivity index (χ4n) is 1.61. The number of likely N-dealkylation sites (tertiary alicyclic amines) is 1. The smallest absolute Gasteiger partial charge is 0.303 e. The molecule has 0 aromatic rings. The highest BCUT2D eigenvalue weighted by atomic mass is 16.4. The highest BCUT2D eigenvalue weighted by molar-refractivity contribution is 5.80. The van der Waals surface area contributed by atoms with Crippen LogP contribution in [0.4, 0.5) is 0 Å². The van der Waals surface area contributed by atoms with Crippen molar-refractivity contribution in [2.24, 2.45) is 5.73 Å². The summed E-state index contributed by atoms with van der Waals surface area (Å²) in [5.41, 5.74) is 5.71. The van der Waals surface area contributed by atoms with E-state index in [-0.39, 0.29) is 24.8 Å². The van der Waals surface area contributed by atoms with E-state index < -0.39 is 5.97 Å². The number of amides is 1. The normalized spacial score (nSPS) is 22.1. The minimum Gasteiger partial charge on any atom is -0.481 e. The van der Waals surface area contributed by atoms with Gasteiger partial charge in [-0.2, -0.15) is 0 Å². The molecule has 1 rings (SSSR count). The monoisotopic (exact) mass is 200 g/mol. The van der Waals surface area contributed by atoms with E-state index in [4.69, 9.17) is 10.8 Å². The average Bonchev–Trinajstić information content (AvgIpc) is 2.14. The van der Waals surface area contributed by atoms with Crippen molar-refractivity contribution in [3.05, 3.63) is 0 Å². The molecular weight excluding hydrogens is 184 g/mol. The van der Waals surface area contributed by atoms with E-state index in [1.54, 1.807) is 4.90 Å². The van der Waals surface area contributed by atoms with Crippen LogP contribution in [0.3, 0.4) is 0 Å². The van der Waals surface area contributed by atoms with Gasteiger partial charge in [0.25, 0.3) is 0 Å². The molecule has 1 heterocycles. The number of carboxylic acids is 1. The van der Waals surface area contributed by atoms with E-state index in [0.29, 0.717) is 13.1 Å². The first-order chi connectivity index (χ1) is 6.59. The van der Waals surface area contributed by atoms with Gasteiger partial charge in [0.05, 0.1) is 6.42 Å². The van der Waals surface area contributed by atoms with Crippen LogP contribution >= 0.6 is 0 Å². The van der Waals surface area contributed by atoms with Crippen LogP contribution in [0.15, 0.2) is 0 Å². The van der Waals surface area contributed by atoms with Gasteiger partial charge in [-0.15, -0.1) is 0 Å². The van der Waals surface area contributed by atoms with E-state index in [1.807, 2.05) is 0 Å². The largest absolute Gasteiger partial charge is 0.481 e. The van der Waals surface area contributed by atoms with Crippen molar-refractivity contribution in [1.29, 1.82) is 0 Å². The summed E-state index contributed by atoms with van der Waals surface area (Å²) >= 11 is 0. The predicted molar refractivity (Wildman–Crippen MR) is 50.7 cm³/mol. The minimum atomic E-state index is -0.931. The second-order valence-corrected chi connectivity index (χ2v) is 3.64. The van der Waals surface area contributed by atoms with Crippen molar-refractivity contribution in [1.82, 2.24) is 4.90 Å². The molecule has 1 atom stereocenters. The Hall–Kier alpha value is -1.10. The van der Waals surface area contributed by atoms with E-state index >= 15 is 0 Å². The maximum absolute atomic E-state index is 11.5. The summed E-state index contributed by atoms with van der Waals surface area (Å²) in [7, 11) is 0. The molecule has 5 nitrogen and oxygen atoms in total. The summed E-state index contributed by atoms with van der Waals surface area (Å²) in [6, 6.07) is 0.0533. The number of hydrogen-bond acceptors (Lipinski definition) is 3. The van der Waals surface area contributed by atoms with Crippen LogP contribution in [0.1, 0.15) is 25.7 Å². The molecule has 1 fully saturated rings. The standard InChI is InChI=1S/C9H16N2O3/c10-7-2-1-5-11(6-7)8(12)3-4-9(13)14/h7H,1-6,10H2,(H,13,14). The van der Waals surface area contributed by atoms with E-state index in [0.717, 1.165) is 12.8 Å². The second kappa shape index (κ2) is 4.95. The lowest BCUT2D eigenvalue weighted by Gasteiger charge is -2.30. The maximum atomic E-state index is 11.5. The molecule has 1 amide bonds. The highest BCUT2D eigenvalue weighted by Crippen LogP contribution is 2.10. The molecule has 3 N–H and O–H groups in total. The lowest BCUT2D eigenvalue weighted by molar-refractivity contribution is -0.141. The van der Waals surface area contributed by atoms with E-state index in [1.165, 1.54) is 0 Å². The minimum absolute atomic E-state index is 0.0533. The molecule has 0 aromatic carbocycles. The summed E-state index contributed by atoms with van der Waals surface area (Å²) in [5.74, 6) is -1.03. The quantitative estimate of drug-likeness (QED) is 0.661. The number of hydrogen-bond donors (Lipinski definition) is 2. The van der Waals surface area contributed by atoms with Crippen LogP contribution < -0.4 is 5.73 Å². The van der Waals surface area contributed by atoms with Crippen LogP contribution in [0.2, 0.25) is 0 Å². The fraction of sp³-hybridized carbons (Fsp3) is 0.778. The first-order valence-electron chi connectivity index (χ1n) is 4.84. The van der Waals surface area contributed by atoms with Crippen LogP contribution in [0.25, 0.3) is 0 Å². The lowest BCUT2D eigenvalue weighted by atomic mass is 10.1. The molecule has 80 valence electrons. The summed E-state index contributed by atoms with van der Waals surface area (Å²) in [5, 5.41) is 8.42. The average molecular weight is 200 g/mol. The Kier molecular flexibility index (Phi) is 3.88. The first kappa shape index (κ1) is 11.0. The van der Waals surface area contributed by atoms with Gasteiger partial charge in [0.15, 0.2) is 0 Å². The molecular formula is C9H16N2O3. The molecule has 1 saturated heterocycles. The molecule has 5 heteroatoms. The third kappa shape index (κ3) is 3.33. The molecule has 0 aliphatic carbocycles. The van der Waals surface area contributed by atoms with Gasteiger partial charge in [0.2, 0.25) is 5.91 Å². The van der Waals surface area contributed by atoms with Crippen LogP contribution in [-0.4, -0.2) is 41.0 Å². The first-order valence-corrected chi connectivity index (χ1v) is 4.84. The number of rotatable bonds is 3. The molecule has 14 heavy (non-hydrogen) atoms. The Balaban J connectivity index is 2.32. The third-order valence-electron chi connectivity index (χ3n) is 2.36. The van der Waals surface area contributed by atoms with E-state index in [2.05, 4.69) is 0 Å². The second-order valence-electron chi connectivity index (χ2n) is 3.64. The van der Waals surface area contributed by atoms with Gasteiger partial charge in [0, 0.05) is 25.6 Å². The van der Waals surface area contributed by atoms with Crippen molar-refractivity contribution in [2.45, 2.75) is 31.7 Å². The Morgan fingerprint density at radius 2 is 2.14 bits per heavy atom. The van der Waals surface area contributed by atoms with Gasteiger partial charge in [-0.25, -0.2) is 0 Å². The Bertz CT molecular complexity index is 230. The Morgan fingerprint density at radius 1 is 1.43 bits per heavy atom. The molecule has 1 aliphatic rings. The number of carboxylic acid groups (broad SMARTS) is 1. The molecule has 0 aromatic heterocycles. The van der Waals surface area contributed by atoms with Crippen molar-refractivity contribution in [3.63, 3.8) is 0 Å². The molecule has 1 aliphatic heterocycles. The van der Waals surface area contributed by atoms with Gasteiger partial charge >= 0.3 is 5.97 Å². The molecule has 1 unspecified atom stereocenters. The molecule has 0 radical (unpaired) electrons. The van der Waals surface area contributed by atoms with Crippen molar-refractivity contribution in [2.75, 3.05) is 13.1 Å². The van der Waals surface area contributed by atoms with Crippen LogP contribution in [0, 0.1) is 0 Å². The fourth-order valence-corrected chi connectivity index (χ4v) is 1.61. The SMILES string of the molecule is NC1CCCN(C(=O)CCC(=O)O)C1. The summed E-state index contributed by atoms with van der Waals surface area (Å²) in [4.78, 5) is 23.4. The topological polar surface area (TPSA) is 83.6 Å². The van der Waals surface area contributed by atoms with Crippen molar-refractivity contribution < 1.29 is 14.7 Å².